The number of hydrogen-bond donors (Lipinski definition) is 1. The fraction of sp³-hybridized carbons (Fsp3) is 0. The SMILES string of the molecule is O=S(=O)(Nc1ccc(Oc2ccc(Cl)cc2)cc1)c1ccccc1Br. The normalized spacial score (nSPS) is 11.1. The van der Waals surface area contributed by atoms with Gasteiger partial charge in [-0.1, -0.05) is 23.7 Å². The van der Waals surface area contributed by atoms with E-state index in [9.17, 15) is 8.42 Å². The van der Waals surface area contributed by atoms with E-state index in [-0.39, 0.29) is 4.90 Å². The van der Waals surface area contributed by atoms with Crippen LogP contribution in [0.2, 0.25) is 5.02 Å². The maximum absolute atomic E-state index is 12.4. The molecule has 0 aliphatic heterocycles. The molecule has 0 bridgehead atoms. The topological polar surface area (TPSA) is 55.4 Å². The largest absolute Gasteiger partial charge is 0.457 e. The van der Waals surface area contributed by atoms with Crippen LogP contribution in [0.4, 0.5) is 5.69 Å². The van der Waals surface area contributed by atoms with Crippen LogP contribution in [-0.4, -0.2) is 8.42 Å². The highest BCUT2D eigenvalue weighted by Gasteiger charge is 2.17. The van der Waals surface area contributed by atoms with Gasteiger partial charge in [0, 0.05) is 15.2 Å². The second kappa shape index (κ2) is 7.47. The van der Waals surface area contributed by atoms with E-state index in [2.05, 4.69) is 20.7 Å². The summed E-state index contributed by atoms with van der Waals surface area (Å²) in [5.74, 6) is 1.23. The predicted octanol–water partition coefficient (Wildman–Crippen LogP) is 5.70. The molecule has 4 nitrogen and oxygen atoms in total. The van der Waals surface area contributed by atoms with Gasteiger partial charge in [0.1, 0.15) is 16.4 Å². The smallest absolute Gasteiger partial charge is 0.263 e. The zero-order valence-corrected chi connectivity index (χ0v) is 16.0. The van der Waals surface area contributed by atoms with E-state index in [1.807, 2.05) is 0 Å². The molecule has 0 radical (unpaired) electrons. The van der Waals surface area contributed by atoms with E-state index in [1.165, 1.54) is 6.07 Å². The molecule has 0 amide bonds. The van der Waals surface area contributed by atoms with Crippen molar-refractivity contribution < 1.29 is 13.2 Å². The van der Waals surface area contributed by atoms with Crippen LogP contribution in [0.5, 0.6) is 11.5 Å². The lowest BCUT2D eigenvalue weighted by Gasteiger charge is -2.10. The minimum absolute atomic E-state index is 0.177. The second-order valence-electron chi connectivity index (χ2n) is 5.12. The van der Waals surface area contributed by atoms with Crippen molar-refractivity contribution in [1.29, 1.82) is 0 Å². The molecule has 128 valence electrons. The van der Waals surface area contributed by atoms with Gasteiger partial charge in [0.05, 0.1) is 0 Å². The Bertz CT molecular complexity index is 974. The highest BCUT2D eigenvalue weighted by atomic mass is 79.9. The molecule has 0 atom stereocenters. The first-order valence-corrected chi connectivity index (χ1v) is 9.90. The van der Waals surface area contributed by atoms with Crippen molar-refractivity contribution >= 4 is 43.2 Å². The summed E-state index contributed by atoms with van der Waals surface area (Å²) in [6.45, 7) is 0. The Hall–Kier alpha value is -2.02. The van der Waals surface area contributed by atoms with E-state index in [4.69, 9.17) is 16.3 Å². The van der Waals surface area contributed by atoms with E-state index < -0.39 is 10.0 Å². The Labute approximate surface area is 159 Å². The molecule has 3 aromatic carbocycles. The Balaban J connectivity index is 1.74. The van der Waals surface area contributed by atoms with Gasteiger partial charge in [-0.15, -0.1) is 0 Å². The number of halogens is 2. The van der Waals surface area contributed by atoms with Gasteiger partial charge in [-0.05, 0) is 76.6 Å². The standard InChI is InChI=1S/C18H13BrClNO3S/c19-17-3-1-2-4-18(17)25(22,23)21-14-7-11-16(12-8-14)24-15-9-5-13(20)6-10-15/h1-12,21H. The molecule has 0 heterocycles. The molecule has 0 unspecified atom stereocenters. The fourth-order valence-electron chi connectivity index (χ4n) is 2.10. The van der Waals surface area contributed by atoms with Crippen molar-refractivity contribution in [2.75, 3.05) is 4.72 Å². The quantitative estimate of drug-likeness (QED) is 0.556. The molecule has 0 spiro atoms. The maximum atomic E-state index is 12.4. The molecule has 25 heavy (non-hydrogen) atoms. The summed E-state index contributed by atoms with van der Waals surface area (Å²) in [7, 11) is -3.67. The first-order chi connectivity index (χ1) is 11.9. The molecule has 0 aliphatic carbocycles. The molecule has 3 aromatic rings. The molecule has 0 saturated carbocycles. The highest BCUT2D eigenvalue weighted by molar-refractivity contribution is 9.10. The molecule has 0 aliphatic rings. The lowest BCUT2D eigenvalue weighted by atomic mass is 10.3. The van der Waals surface area contributed by atoms with Gasteiger partial charge in [-0.25, -0.2) is 8.42 Å². The number of sulfonamides is 1. The van der Waals surface area contributed by atoms with Gasteiger partial charge in [0.25, 0.3) is 10.0 Å². The number of rotatable bonds is 5. The third kappa shape index (κ3) is 4.54. The van der Waals surface area contributed by atoms with Gasteiger partial charge >= 0.3 is 0 Å². The molecule has 0 saturated heterocycles. The number of anilines is 1. The van der Waals surface area contributed by atoms with Crippen molar-refractivity contribution in [2.24, 2.45) is 0 Å². The average molecular weight is 439 g/mol. The van der Waals surface area contributed by atoms with Crippen LogP contribution in [0.3, 0.4) is 0 Å². The van der Waals surface area contributed by atoms with Gasteiger partial charge in [-0.2, -0.15) is 0 Å². The Morgan fingerprint density at radius 3 is 2.00 bits per heavy atom. The van der Waals surface area contributed by atoms with Crippen LogP contribution in [0, 0.1) is 0 Å². The number of benzene rings is 3. The zero-order chi connectivity index (χ0) is 17.9. The third-order valence-corrected chi connectivity index (χ3v) is 5.93. The summed E-state index contributed by atoms with van der Waals surface area (Å²) >= 11 is 9.09. The minimum atomic E-state index is -3.67. The first-order valence-electron chi connectivity index (χ1n) is 7.25. The summed E-state index contributed by atoms with van der Waals surface area (Å²) in [4.78, 5) is 0.177. The summed E-state index contributed by atoms with van der Waals surface area (Å²) in [5.41, 5.74) is 0.444. The molecule has 0 fully saturated rings. The van der Waals surface area contributed by atoms with Crippen molar-refractivity contribution in [3.8, 4) is 11.5 Å². The van der Waals surface area contributed by atoms with Gasteiger partial charge < -0.3 is 4.74 Å². The van der Waals surface area contributed by atoms with E-state index in [0.717, 1.165) is 0 Å². The summed E-state index contributed by atoms with van der Waals surface area (Å²) < 4.78 is 33.6. The number of ether oxygens (including phenoxy) is 1. The summed E-state index contributed by atoms with van der Waals surface area (Å²) in [6.07, 6.45) is 0. The highest BCUT2D eigenvalue weighted by Crippen LogP contribution is 2.27. The van der Waals surface area contributed by atoms with Crippen molar-refractivity contribution in [1.82, 2.24) is 0 Å². The third-order valence-electron chi connectivity index (χ3n) is 3.28. The first kappa shape index (κ1) is 17.8. The van der Waals surface area contributed by atoms with Crippen LogP contribution >= 0.6 is 27.5 Å². The van der Waals surface area contributed by atoms with E-state index in [0.29, 0.717) is 26.7 Å². The number of nitrogens with one attached hydrogen (secondary N) is 1. The van der Waals surface area contributed by atoms with Crippen molar-refractivity contribution in [3.05, 3.63) is 82.3 Å². The predicted molar refractivity (Wildman–Crippen MR) is 103 cm³/mol. The van der Waals surface area contributed by atoms with Gasteiger partial charge in [0.2, 0.25) is 0 Å². The Kier molecular flexibility index (Phi) is 5.32. The zero-order valence-electron chi connectivity index (χ0n) is 12.8. The summed E-state index contributed by atoms with van der Waals surface area (Å²) in [6, 6.07) is 20.3. The molecule has 7 heteroatoms. The Morgan fingerprint density at radius 2 is 1.40 bits per heavy atom. The molecular weight excluding hydrogens is 426 g/mol. The lowest BCUT2D eigenvalue weighted by molar-refractivity contribution is 0.483. The average Bonchev–Trinajstić information content (AvgIpc) is 2.59. The minimum Gasteiger partial charge on any atom is -0.457 e. The van der Waals surface area contributed by atoms with Crippen LogP contribution < -0.4 is 9.46 Å². The molecule has 0 aromatic heterocycles. The van der Waals surface area contributed by atoms with Crippen molar-refractivity contribution in [3.63, 3.8) is 0 Å². The monoisotopic (exact) mass is 437 g/mol. The molecule has 1 N–H and O–H groups in total. The fourth-order valence-corrected chi connectivity index (χ4v) is 4.29. The number of hydrogen-bond acceptors (Lipinski definition) is 3. The van der Waals surface area contributed by atoms with Gasteiger partial charge in [-0.3, -0.25) is 4.72 Å². The van der Waals surface area contributed by atoms with Crippen LogP contribution in [0.15, 0.2) is 82.2 Å². The van der Waals surface area contributed by atoms with E-state index >= 15 is 0 Å². The van der Waals surface area contributed by atoms with E-state index in [1.54, 1.807) is 66.7 Å². The Morgan fingerprint density at radius 1 is 0.840 bits per heavy atom. The van der Waals surface area contributed by atoms with Crippen LogP contribution in [-0.2, 0) is 10.0 Å². The van der Waals surface area contributed by atoms with Gasteiger partial charge in [0.15, 0.2) is 0 Å². The molecular formula is C18H13BrClNO3S. The van der Waals surface area contributed by atoms with Crippen LogP contribution in [0.25, 0.3) is 0 Å². The van der Waals surface area contributed by atoms with Crippen LogP contribution in [0.1, 0.15) is 0 Å². The lowest BCUT2D eigenvalue weighted by Crippen LogP contribution is -2.13. The second-order valence-corrected chi connectivity index (χ2v) is 8.06. The molecule has 3 rings (SSSR count). The summed E-state index contributed by atoms with van der Waals surface area (Å²) in [5, 5.41) is 0.629. The van der Waals surface area contributed by atoms with Crippen molar-refractivity contribution in [2.45, 2.75) is 4.90 Å². The maximum Gasteiger partial charge on any atom is 0.263 e.